The Morgan fingerprint density at radius 2 is 2.00 bits per heavy atom. The molecule has 31 heavy (non-hydrogen) atoms. The number of fused-ring (bicyclic) bond motifs is 1. The number of nitrogens with one attached hydrogen (secondary N) is 2. The maximum atomic E-state index is 13.1. The number of hydrogen-bond acceptors (Lipinski definition) is 5. The number of hydrogen-bond donors (Lipinski definition) is 2. The third-order valence-corrected chi connectivity index (χ3v) is 6.23. The van der Waals surface area contributed by atoms with Gasteiger partial charge in [0, 0.05) is 36.6 Å². The molecule has 2 aliphatic rings. The highest BCUT2D eigenvalue weighted by Crippen LogP contribution is 2.38. The van der Waals surface area contributed by atoms with Gasteiger partial charge in [-0.2, -0.15) is 0 Å². The summed E-state index contributed by atoms with van der Waals surface area (Å²) >= 11 is 0. The van der Waals surface area contributed by atoms with Gasteiger partial charge >= 0.3 is 6.03 Å². The summed E-state index contributed by atoms with van der Waals surface area (Å²) in [5.41, 5.74) is 3.19. The van der Waals surface area contributed by atoms with Crippen LogP contribution in [-0.2, 0) is 16.8 Å². The maximum Gasteiger partial charge on any atom is 0.318 e. The predicted molar refractivity (Wildman–Crippen MR) is 119 cm³/mol. The number of aromatic nitrogens is 2. The Balaban J connectivity index is 1.45. The average Bonchev–Trinajstić information content (AvgIpc) is 3.04. The first-order valence-corrected chi connectivity index (χ1v) is 10.7. The van der Waals surface area contributed by atoms with Crippen molar-refractivity contribution in [2.45, 2.75) is 57.8 Å². The second-order valence-electron chi connectivity index (χ2n) is 8.67. The minimum atomic E-state index is -0.496. The van der Waals surface area contributed by atoms with Gasteiger partial charge in [-0.3, -0.25) is 0 Å². The summed E-state index contributed by atoms with van der Waals surface area (Å²) in [6.45, 7) is 7.98. The molecule has 1 atom stereocenters. The van der Waals surface area contributed by atoms with Gasteiger partial charge in [-0.1, -0.05) is 18.1 Å². The van der Waals surface area contributed by atoms with Crippen molar-refractivity contribution in [1.29, 1.82) is 0 Å². The average molecular weight is 420 g/mol. The van der Waals surface area contributed by atoms with Gasteiger partial charge in [0.1, 0.15) is 0 Å². The summed E-state index contributed by atoms with van der Waals surface area (Å²) in [5, 5.41) is 6.51. The van der Waals surface area contributed by atoms with Crippen LogP contribution in [-0.4, -0.2) is 40.2 Å². The lowest BCUT2D eigenvalue weighted by molar-refractivity contribution is 0.0903. The molecule has 1 saturated heterocycles. The van der Waals surface area contributed by atoms with Crippen molar-refractivity contribution in [1.82, 2.24) is 20.2 Å². The van der Waals surface area contributed by atoms with Crippen LogP contribution < -0.4 is 10.6 Å². The zero-order valence-electron chi connectivity index (χ0n) is 18.3. The van der Waals surface area contributed by atoms with Crippen LogP contribution in [0.5, 0.6) is 0 Å². The summed E-state index contributed by atoms with van der Waals surface area (Å²) in [6, 6.07) is 7.72. The zero-order chi connectivity index (χ0) is 22.0. The number of amides is 2. The highest BCUT2D eigenvalue weighted by Gasteiger charge is 2.42. The van der Waals surface area contributed by atoms with Crippen LogP contribution in [0.3, 0.4) is 0 Å². The molecular weight excluding hydrogens is 390 g/mol. The summed E-state index contributed by atoms with van der Waals surface area (Å²) < 4.78 is 5.41. The minimum absolute atomic E-state index is 0.129. The van der Waals surface area contributed by atoms with Crippen molar-refractivity contribution in [2.75, 3.05) is 18.5 Å². The van der Waals surface area contributed by atoms with Crippen LogP contribution in [0, 0.1) is 12.3 Å². The van der Waals surface area contributed by atoms with Gasteiger partial charge in [0.2, 0.25) is 5.95 Å². The summed E-state index contributed by atoms with van der Waals surface area (Å²) in [4.78, 5) is 24.2. The van der Waals surface area contributed by atoms with Crippen molar-refractivity contribution in [3.63, 3.8) is 0 Å². The van der Waals surface area contributed by atoms with Crippen molar-refractivity contribution in [3.8, 4) is 12.3 Å². The quantitative estimate of drug-likeness (QED) is 0.741. The number of carbonyl (C=O) groups is 1. The van der Waals surface area contributed by atoms with E-state index in [2.05, 4.69) is 21.5 Å². The molecular formula is C24H29N5O2. The number of urea groups is 1. The Bertz CT molecular complexity index is 990. The van der Waals surface area contributed by atoms with Crippen LogP contribution >= 0.6 is 0 Å². The molecule has 0 spiro atoms. The van der Waals surface area contributed by atoms with Crippen molar-refractivity contribution >= 4 is 12.0 Å². The van der Waals surface area contributed by atoms with E-state index in [0.717, 1.165) is 48.4 Å². The maximum absolute atomic E-state index is 13.1. The Hall–Kier alpha value is -3.11. The third kappa shape index (κ3) is 4.35. The van der Waals surface area contributed by atoms with Crippen LogP contribution in [0.4, 0.5) is 10.7 Å². The first-order valence-electron chi connectivity index (χ1n) is 10.7. The Kier molecular flexibility index (Phi) is 5.84. The molecule has 0 saturated carbocycles. The van der Waals surface area contributed by atoms with Gasteiger partial charge in [0.25, 0.3) is 0 Å². The first-order chi connectivity index (χ1) is 14.9. The first kappa shape index (κ1) is 21.1. The van der Waals surface area contributed by atoms with Crippen LogP contribution in [0.2, 0.25) is 0 Å². The van der Waals surface area contributed by atoms with E-state index in [1.165, 1.54) is 0 Å². The van der Waals surface area contributed by atoms with E-state index < -0.39 is 5.54 Å². The summed E-state index contributed by atoms with van der Waals surface area (Å²) in [7, 11) is 0. The molecule has 4 rings (SSSR count). The lowest BCUT2D eigenvalue weighted by atomic mass is 9.97. The molecule has 7 heteroatoms. The second-order valence-corrected chi connectivity index (χ2v) is 8.67. The predicted octanol–water partition coefficient (Wildman–Crippen LogP) is 3.57. The zero-order valence-corrected chi connectivity index (χ0v) is 18.3. The number of anilines is 1. The van der Waals surface area contributed by atoms with E-state index >= 15 is 0 Å². The molecule has 0 unspecified atom stereocenters. The van der Waals surface area contributed by atoms with Crippen molar-refractivity contribution in [2.24, 2.45) is 0 Å². The summed E-state index contributed by atoms with van der Waals surface area (Å²) in [5.74, 6) is 3.23. The SMILES string of the molecule is C#Cc1ccc([C@@H](C)NC(=O)N2Cc3nc(NC4CCOCC4)ncc3C2(C)C)cc1. The molecule has 0 aliphatic carbocycles. The molecule has 3 heterocycles. The van der Waals surface area contributed by atoms with Gasteiger partial charge in [0.05, 0.1) is 23.8 Å². The van der Waals surface area contributed by atoms with Crippen LogP contribution in [0.25, 0.3) is 0 Å². The molecule has 2 aliphatic heterocycles. The van der Waals surface area contributed by atoms with E-state index in [1.807, 2.05) is 56.1 Å². The fourth-order valence-corrected chi connectivity index (χ4v) is 4.18. The molecule has 0 radical (unpaired) electrons. The second kappa shape index (κ2) is 8.56. The number of terminal acetylenes is 1. The fourth-order valence-electron chi connectivity index (χ4n) is 4.18. The Morgan fingerprint density at radius 3 is 2.68 bits per heavy atom. The van der Waals surface area contributed by atoms with Gasteiger partial charge in [0.15, 0.2) is 0 Å². The molecule has 1 aromatic carbocycles. The lowest BCUT2D eigenvalue weighted by Crippen LogP contribution is -2.46. The molecule has 7 nitrogen and oxygen atoms in total. The van der Waals surface area contributed by atoms with Crippen molar-refractivity contribution in [3.05, 3.63) is 52.8 Å². The number of benzene rings is 1. The highest BCUT2D eigenvalue weighted by atomic mass is 16.5. The van der Waals surface area contributed by atoms with E-state index in [4.69, 9.17) is 16.1 Å². The minimum Gasteiger partial charge on any atom is -0.381 e. The van der Waals surface area contributed by atoms with E-state index in [0.29, 0.717) is 18.5 Å². The van der Waals surface area contributed by atoms with Crippen LogP contribution in [0.15, 0.2) is 30.5 Å². The molecule has 2 amide bonds. The topological polar surface area (TPSA) is 79.4 Å². The molecule has 162 valence electrons. The number of carbonyl (C=O) groups excluding carboxylic acids is 1. The van der Waals surface area contributed by atoms with Crippen LogP contribution in [0.1, 0.15) is 62.0 Å². The third-order valence-electron chi connectivity index (χ3n) is 6.23. The Labute approximate surface area is 183 Å². The number of rotatable bonds is 4. The van der Waals surface area contributed by atoms with Gasteiger partial charge in [-0.25, -0.2) is 14.8 Å². The van der Waals surface area contributed by atoms with E-state index in [-0.39, 0.29) is 12.1 Å². The largest absolute Gasteiger partial charge is 0.381 e. The molecule has 2 aromatic rings. The standard InChI is InChI=1S/C24H29N5O2/c1-5-17-6-8-18(9-7-17)16(2)26-23(30)29-15-21-20(24(29,3)4)14-25-22(28-21)27-19-10-12-31-13-11-19/h1,6-9,14,16,19H,10-13,15H2,2-4H3,(H,26,30)(H,25,27,28)/t16-/m1/s1. The molecule has 1 fully saturated rings. The normalized spacial score (nSPS) is 18.7. The molecule has 2 N–H and O–H groups in total. The molecule has 1 aromatic heterocycles. The Morgan fingerprint density at radius 1 is 1.29 bits per heavy atom. The smallest absolute Gasteiger partial charge is 0.318 e. The van der Waals surface area contributed by atoms with Gasteiger partial charge in [-0.05, 0) is 51.3 Å². The van der Waals surface area contributed by atoms with Crippen molar-refractivity contribution < 1.29 is 9.53 Å². The fraction of sp³-hybridized carbons (Fsp3) is 0.458. The summed E-state index contributed by atoms with van der Waals surface area (Å²) in [6.07, 6.45) is 9.16. The monoisotopic (exact) mass is 419 g/mol. The highest BCUT2D eigenvalue weighted by molar-refractivity contribution is 5.77. The van der Waals surface area contributed by atoms with Gasteiger partial charge < -0.3 is 20.3 Å². The molecule has 0 bridgehead atoms. The number of ether oxygens (including phenoxy) is 1. The number of nitrogens with zero attached hydrogens (tertiary/aromatic N) is 3. The van der Waals surface area contributed by atoms with Gasteiger partial charge in [-0.15, -0.1) is 6.42 Å². The lowest BCUT2D eigenvalue weighted by Gasteiger charge is -2.33. The van der Waals surface area contributed by atoms with E-state index in [9.17, 15) is 4.79 Å². The van der Waals surface area contributed by atoms with E-state index in [1.54, 1.807) is 0 Å².